The molecule has 0 saturated heterocycles. The van der Waals surface area contributed by atoms with E-state index in [-0.39, 0.29) is 16.8 Å². The lowest BCUT2D eigenvalue weighted by molar-refractivity contribution is 0.0944. The van der Waals surface area contributed by atoms with Crippen molar-refractivity contribution in [3.8, 4) is 11.5 Å². The molecule has 0 fully saturated rings. The number of carbonyl (C=O) groups is 1. The molecular formula is C14H14ClN3O3. The number of nitrogens with one attached hydrogen (secondary N) is 1. The van der Waals surface area contributed by atoms with E-state index in [0.717, 1.165) is 5.56 Å². The summed E-state index contributed by atoms with van der Waals surface area (Å²) >= 11 is 5.62. The molecule has 1 heterocycles. The van der Waals surface area contributed by atoms with E-state index in [1.54, 1.807) is 26.4 Å². The van der Waals surface area contributed by atoms with Crippen molar-refractivity contribution < 1.29 is 14.3 Å². The number of nitrogens with zero attached hydrogens (tertiary/aromatic N) is 2. The molecule has 0 aliphatic carbocycles. The quantitative estimate of drug-likeness (QED) is 0.915. The molecule has 1 aromatic carbocycles. The van der Waals surface area contributed by atoms with Gasteiger partial charge in [0.25, 0.3) is 5.91 Å². The van der Waals surface area contributed by atoms with Gasteiger partial charge in [-0.25, -0.2) is 0 Å². The molecule has 1 aromatic heterocycles. The van der Waals surface area contributed by atoms with E-state index in [9.17, 15) is 4.79 Å². The molecule has 2 aromatic rings. The van der Waals surface area contributed by atoms with Crippen LogP contribution in [0.25, 0.3) is 0 Å². The predicted octanol–water partition coefficient (Wildman–Crippen LogP) is 2.08. The van der Waals surface area contributed by atoms with Crippen LogP contribution < -0.4 is 14.8 Å². The van der Waals surface area contributed by atoms with E-state index in [4.69, 9.17) is 21.1 Å². The number of methoxy groups -OCH3 is 2. The van der Waals surface area contributed by atoms with Crippen LogP contribution in [0.15, 0.2) is 30.3 Å². The minimum atomic E-state index is -0.336. The zero-order valence-corrected chi connectivity index (χ0v) is 12.3. The zero-order valence-electron chi connectivity index (χ0n) is 11.6. The van der Waals surface area contributed by atoms with Gasteiger partial charge < -0.3 is 14.8 Å². The van der Waals surface area contributed by atoms with Gasteiger partial charge in [0, 0.05) is 18.2 Å². The van der Waals surface area contributed by atoms with Crippen molar-refractivity contribution in [2.45, 2.75) is 6.54 Å². The third-order valence-electron chi connectivity index (χ3n) is 2.80. The highest BCUT2D eigenvalue weighted by Crippen LogP contribution is 2.24. The van der Waals surface area contributed by atoms with Gasteiger partial charge in [-0.05, 0) is 24.3 Å². The Morgan fingerprint density at radius 2 is 2.00 bits per heavy atom. The van der Waals surface area contributed by atoms with Crippen molar-refractivity contribution in [1.29, 1.82) is 0 Å². The van der Waals surface area contributed by atoms with Crippen LogP contribution in [0.5, 0.6) is 11.5 Å². The van der Waals surface area contributed by atoms with Crippen LogP contribution in [0.1, 0.15) is 16.1 Å². The predicted molar refractivity (Wildman–Crippen MR) is 77.8 cm³/mol. The third-order valence-corrected chi connectivity index (χ3v) is 3.00. The topological polar surface area (TPSA) is 73.3 Å². The summed E-state index contributed by atoms with van der Waals surface area (Å²) < 4.78 is 10.4. The number of benzene rings is 1. The molecule has 1 N–H and O–H groups in total. The second-order valence-electron chi connectivity index (χ2n) is 4.10. The maximum atomic E-state index is 11.9. The van der Waals surface area contributed by atoms with E-state index < -0.39 is 0 Å². The normalized spacial score (nSPS) is 10.0. The van der Waals surface area contributed by atoms with E-state index in [0.29, 0.717) is 18.0 Å². The average molecular weight is 308 g/mol. The second kappa shape index (κ2) is 6.90. The molecule has 1 amide bonds. The highest BCUT2D eigenvalue weighted by Gasteiger charge is 2.10. The number of carbonyl (C=O) groups excluding carboxylic acids is 1. The summed E-state index contributed by atoms with van der Waals surface area (Å²) in [6.07, 6.45) is 0. The SMILES string of the molecule is COc1ccc(CNC(=O)c2ccc(Cl)nn2)c(OC)c1. The van der Waals surface area contributed by atoms with E-state index in [2.05, 4.69) is 15.5 Å². The largest absolute Gasteiger partial charge is 0.497 e. The standard InChI is InChI=1S/C14H14ClN3O3/c1-20-10-4-3-9(12(7-10)21-2)8-16-14(19)11-5-6-13(15)18-17-11/h3-7H,8H2,1-2H3,(H,16,19). The molecule has 110 valence electrons. The van der Waals surface area contributed by atoms with Gasteiger partial charge >= 0.3 is 0 Å². The number of rotatable bonds is 5. The van der Waals surface area contributed by atoms with Crippen LogP contribution >= 0.6 is 11.6 Å². The molecule has 21 heavy (non-hydrogen) atoms. The van der Waals surface area contributed by atoms with Gasteiger partial charge in [0.2, 0.25) is 0 Å². The number of aromatic nitrogens is 2. The summed E-state index contributed by atoms with van der Waals surface area (Å²) in [5, 5.41) is 10.3. The molecule has 0 unspecified atom stereocenters. The van der Waals surface area contributed by atoms with Gasteiger partial charge in [-0.1, -0.05) is 11.6 Å². The Bertz CT molecular complexity index is 632. The van der Waals surface area contributed by atoms with Crippen molar-refractivity contribution in [1.82, 2.24) is 15.5 Å². The summed E-state index contributed by atoms with van der Waals surface area (Å²) in [6.45, 7) is 0.302. The van der Waals surface area contributed by atoms with E-state index >= 15 is 0 Å². The lowest BCUT2D eigenvalue weighted by Gasteiger charge is -2.11. The number of halogens is 1. The van der Waals surface area contributed by atoms with Crippen molar-refractivity contribution in [2.24, 2.45) is 0 Å². The van der Waals surface area contributed by atoms with Crippen LogP contribution in [-0.2, 0) is 6.54 Å². The van der Waals surface area contributed by atoms with Crippen molar-refractivity contribution in [3.05, 3.63) is 46.7 Å². The lowest BCUT2D eigenvalue weighted by Crippen LogP contribution is -2.24. The Labute approximate surface area is 127 Å². The molecule has 0 aliphatic rings. The third kappa shape index (κ3) is 3.82. The Balaban J connectivity index is 2.05. The first kappa shape index (κ1) is 15.1. The molecular weight excluding hydrogens is 294 g/mol. The molecule has 0 saturated carbocycles. The second-order valence-corrected chi connectivity index (χ2v) is 4.49. The van der Waals surface area contributed by atoms with Gasteiger partial charge in [0.15, 0.2) is 10.8 Å². The fourth-order valence-corrected chi connectivity index (χ4v) is 1.80. The number of hydrogen-bond acceptors (Lipinski definition) is 5. The van der Waals surface area contributed by atoms with E-state index in [1.807, 2.05) is 6.07 Å². The summed E-state index contributed by atoms with van der Waals surface area (Å²) in [4.78, 5) is 11.9. The molecule has 0 radical (unpaired) electrons. The summed E-state index contributed by atoms with van der Waals surface area (Å²) in [6, 6.07) is 8.40. The van der Waals surface area contributed by atoms with Crippen molar-refractivity contribution >= 4 is 17.5 Å². The fraction of sp³-hybridized carbons (Fsp3) is 0.214. The van der Waals surface area contributed by atoms with Gasteiger partial charge in [-0.15, -0.1) is 10.2 Å². The highest BCUT2D eigenvalue weighted by molar-refractivity contribution is 6.29. The summed E-state index contributed by atoms with van der Waals surface area (Å²) in [5.41, 5.74) is 1.03. The maximum Gasteiger partial charge on any atom is 0.272 e. The molecule has 7 heteroatoms. The Hall–Kier alpha value is -2.34. The molecule has 2 rings (SSSR count). The van der Waals surface area contributed by atoms with Crippen LogP contribution in [0.4, 0.5) is 0 Å². The smallest absolute Gasteiger partial charge is 0.272 e. The van der Waals surface area contributed by atoms with Crippen molar-refractivity contribution in [2.75, 3.05) is 14.2 Å². The fourth-order valence-electron chi connectivity index (χ4n) is 1.70. The van der Waals surface area contributed by atoms with Crippen LogP contribution in [0.2, 0.25) is 5.15 Å². The highest BCUT2D eigenvalue weighted by atomic mass is 35.5. The Morgan fingerprint density at radius 3 is 2.62 bits per heavy atom. The summed E-state index contributed by atoms with van der Waals surface area (Å²) in [5.74, 6) is 0.986. The first-order valence-corrected chi connectivity index (χ1v) is 6.50. The Kier molecular flexibility index (Phi) is 4.94. The number of hydrogen-bond donors (Lipinski definition) is 1. The average Bonchev–Trinajstić information content (AvgIpc) is 2.53. The number of ether oxygens (including phenoxy) is 2. The molecule has 0 bridgehead atoms. The van der Waals surface area contributed by atoms with Gasteiger partial charge in [-0.2, -0.15) is 0 Å². The first-order valence-electron chi connectivity index (χ1n) is 6.12. The monoisotopic (exact) mass is 307 g/mol. The lowest BCUT2D eigenvalue weighted by atomic mass is 10.2. The minimum Gasteiger partial charge on any atom is -0.497 e. The van der Waals surface area contributed by atoms with Crippen LogP contribution in [-0.4, -0.2) is 30.3 Å². The first-order chi connectivity index (χ1) is 10.1. The maximum absolute atomic E-state index is 11.9. The molecule has 0 aliphatic heterocycles. The van der Waals surface area contributed by atoms with E-state index in [1.165, 1.54) is 12.1 Å². The van der Waals surface area contributed by atoms with Gasteiger partial charge in [0.1, 0.15) is 11.5 Å². The van der Waals surface area contributed by atoms with Crippen LogP contribution in [0.3, 0.4) is 0 Å². The minimum absolute atomic E-state index is 0.201. The molecule has 0 spiro atoms. The van der Waals surface area contributed by atoms with Crippen molar-refractivity contribution in [3.63, 3.8) is 0 Å². The summed E-state index contributed by atoms with van der Waals surface area (Å²) in [7, 11) is 3.14. The van der Waals surface area contributed by atoms with Gasteiger partial charge in [-0.3, -0.25) is 4.79 Å². The molecule has 0 atom stereocenters. The number of amides is 1. The van der Waals surface area contributed by atoms with Gasteiger partial charge in [0.05, 0.1) is 14.2 Å². The Morgan fingerprint density at radius 1 is 1.19 bits per heavy atom. The van der Waals surface area contributed by atoms with Crippen LogP contribution in [0, 0.1) is 0 Å². The zero-order chi connectivity index (χ0) is 15.2. The molecule has 6 nitrogen and oxygen atoms in total.